The maximum Gasteiger partial charge on any atom is 0.310 e. The Balaban J connectivity index is 1.31. The second-order valence-electron chi connectivity index (χ2n) is 8.51. The largest absolute Gasteiger partial charge is 0.464 e. The summed E-state index contributed by atoms with van der Waals surface area (Å²) in [5.74, 6) is 0.447. The Labute approximate surface area is 165 Å². The van der Waals surface area contributed by atoms with E-state index in [1.165, 1.54) is 24.0 Å². The van der Waals surface area contributed by atoms with Crippen LogP contribution in [0.4, 0.5) is 0 Å². The van der Waals surface area contributed by atoms with Crippen molar-refractivity contribution in [1.82, 2.24) is 5.32 Å². The summed E-state index contributed by atoms with van der Waals surface area (Å²) in [4.78, 5) is 24.5. The Kier molecular flexibility index (Phi) is 5.42. The minimum atomic E-state index is -0.400. The van der Waals surface area contributed by atoms with E-state index >= 15 is 0 Å². The molecule has 1 N–H and O–H groups in total. The lowest BCUT2D eigenvalue weighted by atomic mass is 9.78. The normalized spacial score (nSPS) is 24.1. The van der Waals surface area contributed by atoms with E-state index in [-0.39, 0.29) is 25.0 Å². The minimum absolute atomic E-state index is 0.121. The summed E-state index contributed by atoms with van der Waals surface area (Å²) in [5.41, 5.74) is 4.34. The maximum atomic E-state index is 12.3. The second kappa shape index (κ2) is 7.98. The Morgan fingerprint density at radius 2 is 1.93 bits per heavy atom. The van der Waals surface area contributed by atoms with Crippen molar-refractivity contribution in [1.29, 1.82) is 0 Å². The van der Waals surface area contributed by atoms with Crippen LogP contribution in [0, 0.1) is 11.8 Å². The molecule has 28 heavy (non-hydrogen) atoms. The van der Waals surface area contributed by atoms with Gasteiger partial charge >= 0.3 is 5.97 Å². The van der Waals surface area contributed by atoms with Crippen molar-refractivity contribution in [2.45, 2.75) is 64.8 Å². The van der Waals surface area contributed by atoms with Crippen molar-refractivity contribution in [3.63, 3.8) is 0 Å². The van der Waals surface area contributed by atoms with Gasteiger partial charge in [0, 0.05) is 17.0 Å². The van der Waals surface area contributed by atoms with Crippen LogP contribution in [0.3, 0.4) is 0 Å². The van der Waals surface area contributed by atoms with Crippen LogP contribution in [0.25, 0.3) is 11.0 Å². The second-order valence-corrected chi connectivity index (χ2v) is 8.51. The third-order valence-corrected chi connectivity index (χ3v) is 6.62. The first kappa shape index (κ1) is 19.0. The fourth-order valence-corrected chi connectivity index (χ4v) is 4.67. The molecule has 5 heteroatoms. The molecule has 0 saturated heterocycles. The third-order valence-electron chi connectivity index (χ3n) is 6.62. The quantitative estimate of drug-likeness (QED) is 0.794. The first-order chi connectivity index (χ1) is 13.5. The number of hydrogen-bond acceptors (Lipinski definition) is 4. The van der Waals surface area contributed by atoms with Crippen LogP contribution >= 0.6 is 0 Å². The van der Waals surface area contributed by atoms with Crippen molar-refractivity contribution in [2.75, 3.05) is 6.61 Å². The predicted octanol–water partition coefficient (Wildman–Crippen LogP) is 3.95. The number of furan rings is 1. The lowest BCUT2D eigenvalue weighted by molar-refractivity contribution is -0.148. The van der Waals surface area contributed by atoms with Gasteiger partial charge in [-0.2, -0.15) is 0 Å². The van der Waals surface area contributed by atoms with E-state index in [0.29, 0.717) is 11.8 Å². The van der Waals surface area contributed by atoms with Crippen molar-refractivity contribution < 1.29 is 18.7 Å². The topological polar surface area (TPSA) is 68.5 Å². The Bertz CT molecular complexity index is 884. The molecule has 0 unspecified atom stereocenters. The molecular weight excluding hydrogens is 354 g/mol. The summed E-state index contributed by atoms with van der Waals surface area (Å²) in [6, 6.07) is 4.41. The fourth-order valence-electron chi connectivity index (χ4n) is 4.67. The SMILES string of the molecule is C[C@H]1[C@H](C)CCC[C@@H]1NC(=O)COC(=O)Cc1coc2cc3c(cc12)CCC3. The zero-order chi connectivity index (χ0) is 19.7. The van der Waals surface area contributed by atoms with Crippen molar-refractivity contribution >= 4 is 22.8 Å². The molecule has 3 atom stereocenters. The lowest BCUT2D eigenvalue weighted by Crippen LogP contribution is -2.45. The van der Waals surface area contributed by atoms with E-state index < -0.39 is 5.97 Å². The molecule has 5 nitrogen and oxygen atoms in total. The summed E-state index contributed by atoms with van der Waals surface area (Å²) < 4.78 is 10.9. The zero-order valence-electron chi connectivity index (χ0n) is 16.8. The molecule has 1 fully saturated rings. The minimum Gasteiger partial charge on any atom is -0.464 e. The molecule has 150 valence electrons. The van der Waals surface area contributed by atoms with E-state index in [0.717, 1.165) is 42.2 Å². The molecule has 2 aliphatic carbocycles. The van der Waals surface area contributed by atoms with Gasteiger partial charge in [0.2, 0.25) is 0 Å². The molecule has 2 aromatic rings. The van der Waals surface area contributed by atoms with E-state index in [1.807, 2.05) is 0 Å². The summed E-state index contributed by atoms with van der Waals surface area (Å²) in [5, 5.41) is 4.02. The van der Waals surface area contributed by atoms with Gasteiger partial charge < -0.3 is 14.5 Å². The van der Waals surface area contributed by atoms with Gasteiger partial charge in [-0.3, -0.25) is 9.59 Å². The van der Waals surface area contributed by atoms with Crippen molar-refractivity contribution in [3.8, 4) is 0 Å². The average Bonchev–Trinajstić information content (AvgIpc) is 3.28. The fraction of sp³-hybridized carbons (Fsp3) is 0.565. The first-order valence-electron chi connectivity index (χ1n) is 10.5. The molecule has 1 amide bonds. The lowest BCUT2D eigenvalue weighted by Gasteiger charge is -2.34. The van der Waals surface area contributed by atoms with Gasteiger partial charge in [-0.1, -0.05) is 26.7 Å². The highest BCUT2D eigenvalue weighted by molar-refractivity contribution is 5.88. The summed E-state index contributed by atoms with van der Waals surface area (Å²) >= 11 is 0. The van der Waals surface area contributed by atoms with Crippen molar-refractivity contribution in [2.24, 2.45) is 11.8 Å². The van der Waals surface area contributed by atoms with Crippen LogP contribution in [0.2, 0.25) is 0 Å². The summed E-state index contributed by atoms with van der Waals surface area (Å²) in [7, 11) is 0. The van der Waals surface area contributed by atoms with Crippen LogP contribution in [0.5, 0.6) is 0 Å². The molecule has 0 aliphatic heterocycles. The number of aryl methyl sites for hydroxylation is 2. The molecule has 0 spiro atoms. The number of rotatable bonds is 5. The van der Waals surface area contributed by atoms with E-state index in [4.69, 9.17) is 9.15 Å². The molecular formula is C23H29NO4. The molecule has 1 aromatic heterocycles. The van der Waals surface area contributed by atoms with E-state index in [1.54, 1.807) is 6.26 Å². The number of hydrogen-bond donors (Lipinski definition) is 1. The van der Waals surface area contributed by atoms with Gasteiger partial charge in [0.25, 0.3) is 5.91 Å². The molecule has 0 bridgehead atoms. The van der Waals surface area contributed by atoms with Crippen LogP contribution in [0.15, 0.2) is 22.8 Å². The number of ether oxygens (including phenoxy) is 1. The Morgan fingerprint density at radius 1 is 1.14 bits per heavy atom. The van der Waals surface area contributed by atoms with Crippen LogP contribution < -0.4 is 5.32 Å². The van der Waals surface area contributed by atoms with Gasteiger partial charge in [0.1, 0.15) is 5.58 Å². The number of fused-ring (bicyclic) bond motifs is 2. The van der Waals surface area contributed by atoms with Crippen LogP contribution in [0.1, 0.15) is 56.2 Å². The number of carbonyl (C=O) groups excluding carboxylic acids is 2. The Hall–Kier alpha value is -2.30. The van der Waals surface area contributed by atoms with E-state index in [2.05, 4.69) is 31.3 Å². The molecule has 4 rings (SSSR count). The number of carbonyl (C=O) groups is 2. The van der Waals surface area contributed by atoms with Gasteiger partial charge in [-0.25, -0.2) is 0 Å². The average molecular weight is 383 g/mol. The summed E-state index contributed by atoms with van der Waals surface area (Å²) in [6.07, 6.45) is 8.44. The van der Waals surface area contributed by atoms with Crippen LogP contribution in [-0.4, -0.2) is 24.5 Å². The summed E-state index contributed by atoms with van der Waals surface area (Å²) in [6.45, 7) is 4.19. The zero-order valence-corrected chi connectivity index (χ0v) is 16.8. The third kappa shape index (κ3) is 3.94. The van der Waals surface area contributed by atoms with Gasteiger partial charge in [0.05, 0.1) is 12.7 Å². The monoisotopic (exact) mass is 383 g/mol. The first-order valence-corrected chi connectivity index (χ1v) is 10.5. The van der Waals surface area contributed by atoms with Crippen molar-refractivity contribution in [3.05, 3.63) is 35.1 Å². The molecule has 1 heterocycles. The number of amides is 1. The highest BCUT2D eigenvalue weighted by atomic mass is 16.5. The van der Waals surface area contributed by atoms with Gasteiger partial charge in [0.15, 0.2) is 6.61 Å². The van der Waals surface area contributed by atoms with Gasteiger partial charge in [-0.15, -0.1) is 0 Å². The number of nitrogens with one attached hydrogen (secondary N) is 1. The number of benzene rings is 1. The standard InChI is InChI=1S/C23H29NO4/c1-14-5-3-8-20(15(14)2)24-22(25)13-28-23(26)11-18-12-27-21-10-17-7-4-6-16(17)9-19(18)21/h9-10,12,14-15,20H,3-8,11,13H2,1-2H3,(H,24,25)/t14-,15+,20+/m1/s1. The molecule has 2 aliphatic rings. The molecule has 1 saturated carbocycles. The Morgan fingerprint density at radius 3 is 2.75 bits per heavy atom. The predicted molar refractivity (Wildman–Crippen MR) is 107 cm³/mol. The van der Waals surface area contributed by atoms with E-state index in [9.17, 15) is 9.59 Å². The smallest absolute Gasteiger partial charge is 0.310 e. The van der Waals surface area contributed by atoms with Gasteiger partial charge in [-0.05, 0) is 60.8 Å². The highest BCUT2D eigenvalue weighted by Gasteiger charge is 2.28. The molecule has 0 radical (unpaired) electrons. The highest BCUT2D eigenvalue weighted by Crippen LogP contribution is 2.31. The van der Waals surface area contributed by atoms with Crippen LogP contribution in [-0.2, 0) is 33.6 Å². The maximum absolute atomic E-state index is 12.3. The molecule has 1 aromatic carbocycles. The number of esters is 1.